The van der Waals surface area contributed by atoms with Gasteiger partial charge in [-0.05, 0) is 38.4 Å². The van der Waals surface area contributed by atoms with Gasteiger partial charge in [-0.25, -0.2) is 8.42 Å². The lowest BCUT2D eigenvalue weighted by atomic mass is 10.2. The second kappa shape index (κ2) is 5.05. The van der Waals surface area contributed by atoms with Gasteiger partial charge in [0.15, 0.2) is 0 Å². The number of nitrogens with two attached hydrogens (primary N) is 1. The number of hydrogen-bond donors (Lipinski definition) is 1. The molecule has 3 rings (SSSR count). The molecule has 0 bridgehead atoms. The maximum Gasteiger partial charge on any atom is 0.252 e. The molecule has 106 valence electrons. The molecule has 2 aliphatic heterocycles. The Morgan fingerprint density at radius 1 is 1.26 bits per heavy atom. The maximum absolute atomic E-state index is 12.5. The average Bonchev–Trinajstić information content (AvgIpc) is 3.10. The first-order chi connectivity index (χ1) is 9.07. The molecule has 0 amide bonds. The van der Waals surface area contributed by atoms with Crippen molar-refractivity contribution >= 4 is 27.0 Å². The van der Waals surface area contributed by atoms with Crippen molar-refractivity contribution in [1.82, 2.24) is 9.21 Å². The predicted octanol–water partition coefficient (Wildman–Crippen LogP) is 1.19. The van der Waals surface area contributed by atoms with Crippen molar-refractivity contribution in [2.75, 3.05) is 31.9 Å². The number of anilines is 1. The molecule has 2 aliphatic rings. The van der Waals surface area contributed by atoms with Crippen LogP contribution in [0.25, 0.3) is 0 Å². The Kier molecular flexibility index (Phi) is 3.55. The van der Waals surface area contributed by atoms with Crippen molar-refractivity contribution in [3.05, 3.63) is 11.4 Å². The normalized spacial score (nSPS) is 26.2. The van der Waals surface area contributed by atoms with Gasteiger partial charge in [-0.3, -0.25) is 4.90 Å². The molecular formula is C12H19N3O2S2. The van der Waals surface area contributed by atoms with Crippen molar-refractivity contribution in [2.24, 2.45) is 0 Å². The highest BCUT2D eigenvalue weighted by Crippen LogP contribution is 2.29. The number of likely N-dealkylation sites (tertiary alicyclic amines) is 1. The van der Waals surface area contributed by atoms with Gasteiger partial charge in [-0.2, -0.15) is 4.31 Å². The lowest BCUT2D eigenvalue weighted by molar-refractivity contribution is 0.251. The van der Waals surface area contributed by atoms with Crippen LogP contribution < -0.4 is 5.73 Å². The Hall–Kier alpha value is -0.630. The van der Waals surface area contributed by atoms with Crippen LogP contribution in [-0.4, -0.2) is 49.8 Å². The topological polar surface area (TPSA) is 66.6 Å². The smallest absolute Gasteiger partial charge is 0.252 e. The molecule has 0 saturated carbocycles. The van der Waals surface area contributed by atoms with E-state index in [9.17, 15) is 8.42 Å². The fraction of sp³-hybridized carbons (Fsp3) is 0.667. The summed E-state index contributed by atoms with van der Waals surface area (Å²) in [5.41, 5.74) is 6.15. The van der Waals surface area contributed by atoms with Crippen LogP contribution in [0.5, 0.6) is 0 Å². The Morgan fingerprint density at radius 3 is 2.63 bits per heavy atom. The Balaban J connectivity index is 1.73. The predicted molar refractivity (Wildman–Crippen MR) is 76.7 cm³/mol. The Bertz CT molecular complexity index is 549. The monoisotopic (exact) mass is 301 g/mol. The Labute approximate surface area is 118 Å². The molecule has 0 radical (unpaired) electrons. The van der Waals surface area contributed by atoms with Crippen LogP contribution in [0.3, 0.4) is 0 Å². The van der Waals surface area contributed by atoms with Gasteiger partial charge in [0, 0.05) is 30.2 Å². The summed E-state index contributed by atoms with van der Waals surface area (Å²) in [6.07, 6.45) is 3.43. The first-order valence-electron chi connectivity index (χ1n) is 6.65. The van der Waals surface area contributed by atoms with E-state index >= 15 is 0 Å². The largest absolute Gasteiger partial charge is 0.398 e. The molecule has 2 fully saturated rings. The quantitative estimate of drug-likeness (QED) is 0.910. The third-order valence-electron chi connectivity index (χ3n) is 3.97. The molecule has 0 spiro atoms. The fourth-order valence-electron chi connectivity index (χ4n) is 2.93. The first-order valence-corrected chi connectivity index (χ1v) is 8.97. The summed E-state index contributed by atoms with van der Waals surface area (Å²) in [5, 5.41) is 1.68. The molecule has 1 aromatic rings. The number of nitrogens with zero attached hydrogens (tertiary/aromatic N) is 2. The second-order valence-corrected chi connectivity index (χ2v) is 8.32. The lowest BCUT2D eigenvalue weighted by Crippen LogP contribution is -2.36. The van der Waals surface area contributed by atoms with E-state index in [0.717, 1.165) is 19.5 Å². The third kappa shape index (κ3) is 2.52. The summed E-state index contributed by atoms with van der Waals surface area (Å²) in [5.74, 6) is 0. The zero-order valence-electron chi connectivity index (χ0n) is 10.8. The number of thiophene rings is 1. The third-order valence-corrected chi connectivity index (χ3v) is 7.27. The molecule has 2 saturated heterocycles. The van der Waals surface area contributed by atoms with E-state index in [0.29, 0.717) is 29.0 Å². The van der Waals surface area contributed by atoms with Crippen LogP contribution in [0, 0.1) is 0 Å². The summed E-state index contributed by atoms with van der Waals surface area (Å²) in [6, 6.07) is 1.96. The standard InChI is InChI=1S/C12H19N3O2S2/c13-10-7-12(18-9-10)19(16,17)15-6-3-11(8-15)14-4-1-2-5-14/h7,9,11H,1-6,8,13H2. The van der Waals surface area contributed by atoms with E-state index < -0.39 is 10.0 Å². The van der Waals surface area contributed by atoms with E-state index in [1.807, 2.05) is 0 Å². The van der Waals surface area contributed by atoms with Gasteiger partial charge in [0.25, 0.3) is 10.0 Å². The van der Waals surface area contributed by atoms with Gasteiger partial charge in [-0.15, -0.1) is 11.3 Å². The van der Waals surface area contributed by atoms with Crippen molar-refractivity contribution < 1.29 is 8.42 Å². The molecule has 7 heteroatoms. The minimum Gasteiger partial charge on any atom is -0.398 e. The van der Waals surface area contributed by atoms with Gasteiger partial charge in [-0.1, -0.05) is 0 Å². The van der Waals surface area contributed by atoms with Crippen LogP contribution in [0.4, 0.5) is 5.69 Å². The van der Waals surface area contributed by atoms with E-state index in [4.69, 9.17) is 5.73 Å². The van der Waals surface area contributed by atoms with Gasteiger partial charge in [0.1, 0.15) is 4.21 Å². The summed E-state index contributed by atoms with van der Waals surface area (Å²) >= 11 is 1.21. The summed E-state index contributed by atoms with van der Waals surface area (Å²) in [7, 11) is -3.34. The van der Waals surface area contributed by atoms with E-state index in [1.54, 1.807) is 15.8 Å². The molecule has 1 unspecified atom stereocenters. The second-order valence-electron chi connectivity index (χ2n) is 5.25. The highest BCUT2D eigenvalue weighted by molar-refractivity contribution is 7.91. The van der Waals surface area contributed by atoms with E-state index in [1.165, 1.54) is 24.2 Å². The highest BCUT2D eigenvalue weighted by Gasteiger charge is 2.36. The van der Waals surface area contributed by atoms with Crippen LogP contribution in [0.15, 0.2) is 15.7 Å². The summed E-state index contributed by atoms with van der Waals surface area (Å²) < 4.78 is 26.9. The zero-order chi connectivity index (χ0) is 13.5. The zero-order valence-corrected chi connectivity index (χ0v) is 12.4. The molecule has 5 nitrogen and oxygen atoms in total. The van der Waals surface area contributed by atoms with E-state index in [-0.39, 0.29) is 0 Å². The maximum atomic E-state index is 12.5. The minimum absolute atomic E-state index is 0.368. The van der Waals surface area contributed by atoms with Crippen molar-refractivity contribution in [1.29, 1.82) is 0 Å². The number of hydrogen-bond acceptors (Lipinski definition) is 5. The summed E-state index contributed by atoms with van der Waals surface area (Å²) in [4.78, 5) is 2.43. The van der Waals surface area contributed by atoms with Gasteiger partial charge in [0.05, 0.1) is 0 Å². The molecule has 1 atom stereocenters. The van der Waals surface area contributed by atoms with Gasteiger partial charge in [0.2, 0.25) is 0 Å². The minimum atomic E-state index is -3.34. The molecule has 3 heterocycles. The van der Waals surface area contributed by atoms with Crippen LogP contribution >= 0.6 is 11.3 Å². The number of sulfonamides is 1. The highest BCUT2D eigenvalue weighted by atomic mass is 32.2. The van der Waals surface area contributed by atoms with Crippen LogP contribution in [0.1, 0.15) is 19.3 Å². The van der Waals surface area contributed by atoms with E-state index in [2.05, 4.69) is 4.90 Å². The molecule has 0 aromatic carbocycles. The SMILES string of the molecule is Nc1csc(S(=O)(=O)N2CCC(N3CCCC3)C2)c1. The van der Waals surface area contributed by atoms with Crippen molar-refractivity contribution in [3.8, 4) is 0 Å². The Morgan fingerprint density at radius 2 is 2.00 bits per heavy atom. The number of nitrogen functional groups attached to an aromatic ring is 1. The van der Waals surface area contributed by atoms with Crippen LogP contribution in [-0.2, 0) is 10.0 Å². The molecule has 19 heavy (non-hydrogen) atoms. The number of rotatable bonds is 3. The van der Waals surface area contributed by atoms with Gasteiger partial charge < -0.3 is 5.73 Å². The fourth-order valence-corrected chi connectivity index (χ4v) is 5.65. The average molecular weight is 301 g/mol. The lowest BCUT2D eigenvalue weighted by Gasteiger charge is -2.23. The molecule has 2 N–H and O–H groups in total. The van der Waals surface area contributed by atoms with Crippen LogP contribution in [0.2, 0.25) is 0 Å². The first kappa shape index (κ1) is 13.4. The summed E-state index contributed by atoms with van der Waals surface area (Å²) in [6.45, 7) is 3.48. The molecular weight excluding hydrogens is 282 g/mol. The van der Waals surface area contributed by atoms with Crippen molar-refractivity contribution in [2.45, 2.75) is 29.5 Å². The molecule has 1 aromatic heterocycles. The van der Waals surface area contributed by atoms with Gasteiger partial charge >= 0.3 is 0 Å². The van der Waals surface area contributed by atoms with Crippen molar-refractivity contribution in [3.63, 3.8) is 0 Å². The molecule has 0 aliphatic carbocycles.